The number of carbonyl (C=O) groups is 1. The molecule has 3 N–H and O–H groups in total. The Balaban J connectivity index is 1.81. The quantitative estimate of drug-likeness (QED) is 0.579. The first kappa shape index (κ1) is 20.3. The predicted molar refractivity (Wildman–Crippen MR) is 113 cm³/mol. The van der Waals surface area contributed by atoms with Crippen molar-refractivity contribution < 1.29 is 13.2 Å². The van der Waals surface area contributed by atoms with Gasteiger partial charge in [0.2, 0.25) is 10.0 Å². The number of anilines is 1. The number of sulfonamides is 1. The molecule has 0 fully saturated rings. The Morgan fingerprint density at radius 1 is 0.966 bits per heavy atom. The molecule has 0 aliphatic rings. The number of aromatic nitrogens is 1. The zero-order chi connectivity index (χ0) is 21.0. The van der Waals surface area contributed by atoms with Crippen molar-refractivity contribution in [2.75, 3.05) is 11.0 Å². The predicted octanol–water partition coefficient (Wildman–Crippen LogP) is 2.90. The molecule has 0 aliphatic carbocycles. The van der Waals surface area contributed by atoms with Crippen molar-refractivity contribution in [1.82, 2.24) is 10.3 Å². The van der Waals surface area contributed by atoms with Crippen LogP contribution in [-0.4, -0.2) is 25.6 Å². The highest BCUT2D eigenvalue weighted by Crippen LogP contribution is 2.23. The Bertz CT molecular complexity index is 1190. The maximum atomic E-state index is 12.6. The van der Waals surface area contributed by atoms with Crippen molar-refractivity contribution >= 4 is 21.6 Å². The lowest BCUT2D eigenvalue weighted by atomic mass is 10.1. The second-order valence-corrected chi connectivity index (χ2v) is 8.39. The van der Waals surface area contributed by atoms with Gasteiger partial charge in [0.1, 0.15) is 5.56 Å². The molecule has 8 heteroatoms. The molecule has 0 saturated carbocycles. The Hall–Kier alpha value is -3.39. The Morgan fingerprint density at radius 2 is 1.62 bits per heavy atom. The average molecular weight is 411 g/mol. The van der Waals surface area contributed by atoms with E-state index in [2.05, 4.69) is 15.0 Å². The Kier molecular flexibility index (Phi) is 5.84. The number of rotatable bonds is 6. The van der Waals surface area contributed by atoms with Gasteiger partial charge in [0.25, 0.3) is 11.5 Å². The molecule has 0 bridgehead atoms. The van der Waals surface area contributed by atoms with Crippen LogP contribution in [0.3, 0.4) is 0 Å². The van der Waals surface area contributed by atoms with Crippen LogP contribution < -0.4 is 15.6 Å². The summed E-state index contributed by atoms with van der Waals surface area (Å²) in [5.41, 5.74) is 1.89. The number of pyridine rings is 1. The molecular weight excluding hydrogens is 390 g/mol. The van der Waals surface area contributed by atoms with Crippen molar-refractivity contribution in [2.24, 2.45) is 0 Å². The van der Waals surface area contributed by atoms with E-state index in [-0.39, 0.29) is 5.56 Å². The second kappa shape index (κ2) is 8.32. The molecule has 150 valence electrons. The van der Waals surface area contributed by atoms with Crippen LogP contribution in [0, 0.1) is 0 Å². The zero-order valence-electron chi connectivity index (χ0n) is 16.0. The molecule has 1 atom stereocenters. The van der Waals surface area contributed by atoms with Crippen LogP contribution in [0.2, 0.25) is 0 Å². The summed E-state index contributed by atoms with van der Waals surface area (Å²) in [6.45, 7) is 1.72. The minimum Gasteiger partial charge on any atom is -0.345 e. The van der Waals surface area contributed by atoms with E-state index in [0.29, 0.717) is 16.9 Å². The van der Waals surface area contributed by atoms with Crippen LogP contribution in [0.1, 0.15) is 28.9 Å². The van der Waals surface area contributed by atoms with Crippen LogP contribution in [-0.2, 0) is 10.0 Å². The van der Waals surface area contributed by atoms with Gasteiger partial charge in [-0.1, -0.05) is 48.5 Å². The third kappa shape index (κ3) is 5.11. The number of para-hydroxylation sites is 1. The summed E-state index contributed by atoms with van der Waals surface area (Å²) < 4.78 is 25.6. The van der Waals surface area contributed by atoms with Crippen LogP contribution in [0.25, 0.3) is 11.3 Å². The molecule has 0 radical (unpaired) electrons. The number of H-pyrrole nitrogens is 1. The van der Waals surface area contributed by atoms with Gasteiger partial charge in [0.05, 0.1) is 18.0 Å². The van der Waals surface area contributed by atoms with E-state index in [1.54, 1.807) is 37.3 Å². The number of benzene rings is 2. The fraction of sp³-hybridized carbons (Fsp3) is 0.143. The second-order valence-electron chi connectivity index (χ2n) is 6.64. The van der Waals surface area contributed by atoms with E-state index in [1.165, 1.54) is 6.07 Å². The van der Waals surface area contributed by atoms with Gasteiger partial charge in [0, 0.05) is 5.69 Å². The molecule has 1 amide bonds. The topological polar surface area (TPSA) is 108 Å². The first-order valence-corrected chi connectivity index (χ1v) is 10.8. The number of aromatic amines is 1. The summed E-state index contributed by atoms with van der Waals surface area (Å²) >= 11 is 0. The minimum absolute atomic E-state index is 0.0231. The van der Waals surface area contributed by atoms with Crippen molar-refractivity contribution in [3.05, 3.63) is 88.2 Å². The van der Waals surface area contributed by atoms with Crippen LogP contribution in [0.15, 0.2) is 71.5 Å². The maximum absolute atomic E-state index is 12.6. The Labute approximate surface area is 168 Å². The number of nitrogens with one attached hydrogen (secondary N) is 3. The average Bonchev–Trinajstić information content (AvgIpc) is 2.67. The van der Waals surface area contributed by atoms with Crippen LogP contribution in [0.5, 0.6) is 0 Å². The Morgan fingerprint density at radius 3 is 2.28 bits per heavy atom. The number of carbonyl (C=O) groups excluding carboxylic acids is 1. The maximum Gasteiger partial charge on any atom is 0.261 e. The molecule has 2 aromatic carbocycles. The van der Waals surface area contributed by atoms with Crippen LogP contribution >= 0.6 is 0 Å². The van der Waals surface area contributed by atoms with E-state index < -0.39 is 27.5 Å². The van der Waals surface area contributed by atoms with Gasteiger partial charge in [0.15, 0.2) is 0 Å². The number of amides is 1. The lowest BCUT2D eigenvalue weighted by Gasteiger charge is -2.18. The smallest absolute Gasteiger partial charge is 0.261 e. The van der Waals surface area contributed by atoms with E-state index in [0.717, 1.165) is 11.8 Å². The van der Waals surface area contributed by atoms with Crippen molar-refractivity contribution in [3.63, 3.8) is 0 Å². The van der Waals surface area contributed by atoms with Crippen molar-refractivity contribution in [1.29, 1.82) is 0 Å². The molecular formula is C21H21N3O4S. The van der Waals surface area contributed by atoms with E-state index in [9.17, 15) is 18.0 Å². The third-order valence-electron chi connectivity index (χ3n) is 4.31. The van der Waals surface area contributed by atoms with E-state index >= 15 is 0 Å². The van der Waals surface area contributed by atoms with Gasteiger partial charge >= 0.3 is 0 Å². The lowest BCUT2D eigenvalue weighted by molar-refractivity contribution is 0.0938. The summed E-state index contributed by atoms with van der Waals surface area (Å²) in [5, 5.41) is 2.74. The molecule has 0 saturated heterocycles. The van der Waals surface area contributed by atoms with Gasteiger partial charge in [-0.25, -0.2) is 8.42 Å². The molecule has 1 aromatic heterocycles. The monoisotopic (exact) mass is 411 g/mol. The molecule has 1 unspecified atom stereocenters. The molecule has 3 aromatic rings. The zero-order valence-corrected chi connectivity index (χ0v) is 16.8. The standard InChI is InChI=1S/C21H21N3O4S/c1-14(16-10-6-7-11-19(16)24-29(2,27)28)22-20(25)17-12-13-18(23-21(17)26)15-8-4-3-5-9-15/h3-14,24H,1-2H3,(H,22,25)(H,23,26). The fourth-order valence-electron chi connectivity index (χ4n) is 2.96. The lowest BCUT2D eigenvalue weighted by Crippen LogP contribution is -2.32. The summed E-state index contributed by atoms with van der Waals surface area (Å²) in [6, 6.07) is 18.7. The fourth-order valence-corrected chi connectivity index (χ4v) is 3.54. The summed E-state index contributed by atoms with van der Waals surface area (Å²) in [6.07, 6.45) is 1.06. The minimum atomic E-state index is -3.47. The van der Waals surface area contributed by atoms with E-state index in [1.807, 2.05) is 30.3 Å². The third-order valence-corrected chi connectivity index (χ3v) is 4.90. The molecule has 0 spiro atoms. The van der Waals surface area contributed by atoms with Gasteiger partial charge in [-0.2, -0.15) is 0 Å². The number of hydrogen-bond donors (Lipinski definition) is 3. The first-order chi connectivity index (χ1) is 13.7. The highest BCUT2D eigenvalue weighted by atomic mass is 32.2. The van der Waals surface area contributed by atoms with E-state index in [4.69, 9.17) is 0 Å². The highest BCUT2D eigenvalue weighted by Gasteiger charge is 2.18. The van der Waals surface area contributed by atoms with Crippen LogP contribution in [0.4, 0.5) is 5.69 Å². The molecule has 1 heterocycles. The van der Waals surface area contributed by atoms with Gasteiger partial charge in [-0.05, 0) is 36.2 Å². The highest BCUT2D eigenvalue weighted by molar-refractivity contribution is 7.92. The van der Waals surface area contributed by atoms with Gasteiger partial charge in [-0.15, -0.1) is 0 Å². The molecule has 29 heavy (non-hydrogen) atoms. The summed E-state index contributed by atoms with van der Waals surface area (Å²) in [7, 11) is -3.47. The molecule has 3 rings (SSSR count). The van der Waals surface area contributed by atoms with Gasteiger partial charge < -0.3 is 10.3 Å². The molecule has 7 nitrogen and oxygen atoms in total. The van der Waals surface area contributed by atoms with Gasteiger partial charge in [-0.3, -0.25) is 14.3 Å². The summed E-state index contributed by atoms with van der Waals surface area (Å²) in [5.74, 6) is -0.549. The largest absolute Gasteiger partial charge is 0.345 e. The molecule has 0 aliphatic heterocycles. The number of hydrogen-bond acceptors (Lipinski definition) is 4. The SMILES string of the molecule is CC(NC(=O)c1ccc(-c2ccccc2)[nH]c1=O)c1ccccc1NS(C)(=O)=O. The first-order valence-electron chi connectivity index (χ1n) is 8.91. The normalized spacial score (nSPS) is 12.2. The van der Waals surface area contributed by atoms with Crippen molar-refractivity contribution in [3.8, 4) is 11.3 Å². The van der Waals surface area contributed by atoms with Crippen molar-refractivity contribution in [2.45, 2.75) is 13.0 Å². The summed E-state index contributed by atoms with van der Waals surface area (Å²) in [4.78, 5) is 27.8.